The van der Waals surface area contributed by atoms with E-state index in [9.17, 15) is 0 Å². The molecule has 0 aliphatic heterocycles. The number of rotatable bonds is 2. The van der Waals surface area contributed by atoms with Gasteiger partial charge in [-0.05, 0) is 17.4 Å². The van der Waals surface area contributed by atoms with Crippen LogP contribution >= 0.6 is 0 Å². The van der Waals surface area contributed by atoms with Gasteiger partial charge in [-0.3, -0.25) is 4.68 Å². The average Bonchev–Trinajstić information content (AvgIpc) is 2.43. The lowest BCUT2D eigenvalue weighted by Crippen LogP contribution is -2.27. The Labute approximate surface area is 86.3 Å². The van der Waals surface area contributed by atoms with Crippen molar-refractivity contribution in [3.63, 3.8) is 0 Å². The van der Waals surface area contributed by atoms with E-state index in [2.05, 4.69) is 39.0 Å². The molecule has 0 amide bonds. The van der Waals surface area contributed by atoms with Crippen molar-refractivity contribution in [2.24, 2.45) is 18.2 Å². The van der Waals surface area contributed by atoms with E-state index in [1.165, 1.54) is 5.56 Å². The van der Waals surface area contributed by atoms with Crippen molar-refractivity contribution in [1.29, 1.82) is 0 Å². The van der Waals surface area contributed by atoms with Crippen molar-refractivity contribution in [3.05, 3.63) is 17.5 Å². The van der Waals surface area contributed by atoms with E-state index in [0.717, 1.165) is 12.1 Å². The van der Waals surface area contributed by atoms with Crippen LogP contribution in [0.4, 0.5) is 0 Å². The first-order chi connectivity index (χ1) is 6.36. The molecule has 0 saturated heterocycles. The molecular weight excluding hydrogens is 174 g/mol. The molecule has 1 heterocycles. The van der Waals surface area contributed by atoms with Gasteiger partial charge in [-0.25, -0.2) is 0 Å². The largest absolute Gasteiger partial charge is 0.322 e. The van der Waals surface area contributed by atoms with Crippen LogP contribution in [0.25, 0.3) is 0 Å². The Hall–Kier alpha value is -0.830. The molecule has 1 atom stereocenters. The fourth-order valence-electron chi connectivity index (χ4n) is 1.50. The monoisotopic (exact) mass is 195 g/mol. The minimum atomic E-state index is 0.0126. The van der Waals surface area contributed by atoms with Crippen LogP contribution in [0.2, 0.25) is 0 Å². The second kappa shape index (κ2) is 3.73. The Morgan fingerprint density at radius 1 is 1.50 bits per heavy atom. The highest BCUT2D eigenvalue weighted by Gasteiger charge is 2.26. The number of nitrogens with zero attached hydrogens (tertiary/aromatic N) is 2. The van der Waals surface area contributed by atoms with E-state index in [1.54, 1.807) is 0 Å². The summed E-state index contributed by atoms with van der Waals surface area (Å²) >= 11 is 0. The highest BCUT2D eigenvalue weighted by Crippen LogP contribution is 2.31. The fourth-order valence-corrected chi connectivity index (χ4v) is 1.50. The Bertz CT molecular complexity index is 307. The molecule has 0 bridgehead atoms. The third kappa shape index (κ3) is 2.15. The SMILES string of the molecule is CCc1cn(C)nc1C(N)C(C)(C)C. The quantitative estimate of drug-likeness (QED) is 0.784. The van der Waals surface area contributed by atoms with Gasteiger partial charge in [-0.15, -0.1) is 0 Å². The molecule has 3 nitrogen and oxygen atoms in total. The lowest BCUT2D eigenvalue weighted by molar-refractivity contribution is 0.318. The molecule has 1 unspecified atom stereocenters. The van der Waals surface area contributed by atoms with E-state index in [-0.39, 0.29) is 11.5 Å². The molecule has 1 aromatic heterocycles. The Balaban J connectivity index is 3.05. The number of hydrogen-bond donors (Lipinski definition) is 1. The molecule has 0 spiro atoms. The van der Waals surface area contributed by atoms with Crippen LogP contribution in [-0.4, -0.2) is 9.78 Å². The van der Waals surface area contributed by atoms with Gasteiger partial charge >= 0.3 is 0 Å². The van der Waals surface area contributed by atoms with Crippen LogP contribution in [-0.2, 0) is 13.5 Å². The summed E-state index contributed by atoms with van der Waals surface area (Å²) in [6, 6.07) is 0.0126. The number of nitrogens with two attached hydrogens (primary N) is 1. The minimum Gasteiger partial charge on any atom is -0.322 e. The molecule has 0 aliphatic carbocycles. The molecule has 1 aromatic rings. The van der Waals surface area contributed by atoms with Gasteiger partial charge in [0.25, 0.3) is 0 Å². The minimum absolute atomic E-state index is 0.0126. The lowest BCUT2D eigenvalue weighted by Gasteiger charge is -2.26. The Kier molecular flexibility index (Phi) is 3.00. The first-order valence-corrected chi connectivity index (χ1v) is 5.14. The molecule has 0 aromatic carbocycles. The summed E-state index contributed by atoms with van der Waals surface area (Å²) in [5.41, 5.74) is 8.56. The van der Waals surface area contributed by atoms with Crippen LogP contribution < -0.4 is 5.73 Å². The molecule has 0 aliphatic rings. The van der Waals surface area contributed by atoms with Gasteiger partial charge in [-0.1, -0.05) is 27.7 Å². The molecule has 0 saturated carbocycles. The average molecular weight is 195 g/mol. The van der Waals surface area contributed by atoms with Crippen molar-refractivity contribution in [2.45, 2.75) is 40.2 Å². The van der Waals surface area contributed by atoms with Gasteiger partial charge in [0.15, 0.2) is 0 Å². The number of aryl methyl sites for hydroxylation is 2. The van der Waals surface area contributed by atoms with Crippen LogP contribution in [0.3, 0.4) is 0 Å². The molecule has 80 valence electrons. The zero-order chi connectivity index (χ0) is 10.9. The maximum atomic E-state index is 6.19. The van der Waals surface area contributed by atoms with Gasteiger partial charge in [0.05, 0.1) is 11.7 Å². The number of hydrogen-bond acceptors (Lipinski definition) is 2. The maximum Gasteiger partial charge on any atom is 0.0828 e. The van der Waals surface area contributed by atoms with E-state index in [1.807, 2.05) is 11.7 Å². The second-order valence-corrected chi connectivity index (χ2v) is 4.91. The van der Waals surface area contributed by atoms with Crippen molar-refractivity contribution < 1.29 is 0 Å². The van der Waals surface area contributed by atoms with E-state index in [4.69, 9.17) is 5.73 Å². The summed E-state index contributed by atoms with van der Waals surface area (Å²) in [5.74, 6) is 0. The molecular formula is C11H21N3. The lowest BCUT2D eigenvalue weighted by atomic mass is 9.84. The number of aromatic nitrogens is 2. The van der Waals surface area contributed by atoms with E-state index >= 15 is 0 Å². The third-order valence-electron chi connectivity index (χ3n) is 2.55. The van der Waals surface area contributed by atoms with Crippen molar-refractivity contribution in [2.75, 3.05) is 0 Å². The summed E-state index contributed by atoms with van der Waals surface area (Å²) in [5, 5.41) is 4.44. The topological polar surface area (TPSA) is 43.8 Å². The Morgan fingerprint density at radius 2 is 2.07 bits per heavy atom. The van der Waals surface area contributed by atoms with Crippen LogP contribution in [0, 0.1) is 5.41 Å². The standard InChI is InChI=1S/C11H21N3/c1-6-8-7-14(5)13-9(8)10(12)11(2,3)4/h7,10H,6,12H2,1-5H3. The van der Waals surface area contributed by atoms with Crippen LogP contribution in [0.5, 0.6) is 0 Å². The molecule has 2 N–H and O–H groups in total. The summed E-state index contributed by atoms with van der Waals surface area (Å²) in [4.78, 5) is 0. The highest BCUT2D eigenvalue weighted by atomic mass is 15.3. The van der Waals surface area contributed by atoms with E-state index in [0.29, 0.717) is 0 Å². The smallest absolute Gasteiger partial charge is 0.0828 e. The third-order valence-corrected chi connectivity index (χ3v) is 2.55. The van der Waals surface area contributed by atoms with Crippen LogP contribution in [0.1, 0.15) is 45.0 Å². The predicted molar refractivity (Wildman–Crippen MR) is 59.0 cm³/mol. The van der Waals surface area contributed by atoms with Gasteiger partial charge in [-0.2, -0.15) is 5.10 Å². The van der Waals surface area contributed by atoms with Crippen molar-refractivity contribution in [1.82, 2.24) is 9.78 Å². The van der Waals surface area contributed by atoms with Gasteiger partial charge in [0.2, 0.25) is 0 Å². The predicted octanol–water partition coefficient (Wildman–Crippen LogP) is 2.03. The van der Waals surface area contributed by atoms with Gasteiger partial charge < -0.3 is 5.73 Å². The van der Waals surface area contributed by atoms with E-state index < -0.39 is 0 Å². The molecule has 1 rings (SSSR count). The van der Waals surface area contributed by atoms with Gasteiger partial charge in [0.1, 0.15) is 0 Å². The molecule has 0 radical (unpaired) electrons. The summed E-state index contributed by atoms with van der Waals surface area (Å²) in [6.45, 7) is 8.57. The molecule has 0 fully saturated rings. The normalized spacial score (nSPS) is 14.4. The Morgan fingerprint density at radius 3 is 2.50 bits per heavy atom. The first-order valence-electron chi connectivity index (χ1n) is 5.14. The summed E-state index contributed by atoms with van der Waals surface area (Å²) in [7, 11) is 1.94. The zero-order valence-corrected chi connectivity index (χ0v) is 9.83. The fraction of sp³-hybridized carbons (Fsp3) is 0.727. The molecule has 14 heavy (non-hydrogen) atoms. The van der Waals surface area contributed by atoms with Gasteiger partial charge in [0, 0.05) is 13.2 Å². The summed E-state index contributed by atoms with van der Waals surface area (Å²) in [6.07, 6.45) is 3.05. The summed E-state index contributed by atoms with van der Waals surface area (Å²) < 4.78 is 1.85. The second-order valence-electron chi connectivity index (χ2n) is 4.91. The first kappa shape index (κ1) is 11.2. The highest BCUT2D eigenvalue weighted by molar-refractivity contribution is 5.21. The molecule has 3 heteroatoms. The zero-order valence-electron chi connectivity index (χ0n) is 9.83. The maximum absolute atomic E-state index is 6.19. The van der Waals surface area contributed by atoms with Crippen LogP contribution in [0.15, 0.2) is 6.20 Å². The van der Waals surface area contributed by atoms with Crippen molar-refractivity contribution >= 4 is 0 Å². The van der Waals surface area contributed by atoms with Crippen molar-refractivity contribution in [3.8, 4) is 0 Å².